The molecule has 2 aromatic heterocycles. The standard InChI is InChI=1S/C22H24N4O5S/c1-30-17-7-5-14(12-18(17)31-2)9-11-23-19(27)8-6-15-13-32-22(25-15)26-21(29)16-4-3-10-24-20(16)28/h3-5,7,10,12-13H,6,8-9,11H2,1-2H3,(H,23,27)(H,24,28)(H,25,26,29). The molecule has 2 amide bonds. The van der Waals surface area contributed by atoms with E-state index in [1.165, 1.54) is 23.6 Å². The minimum atomic E-state index is -0.527. The summed E-state index contributed by atoms with van der Waals surface area (Å²) in [5, 5.41) is 7.65. The number of aromatic nitrogens is 2. The van der Waals surface area contributed by atoms with Crippen LogP contribution >= 0.6 is 11.3 Å². The van der Waals surface area contributed by atoms with Crippen molar-refractivity contribution < 1.29 is 19.1 Å². The summed E-state index contributed by atoms with van der Waals surface area (Å²) < 4.78 is 10.5. The Bertz CT molecular complexity index is 1140. The van der Waals surface area contributed by atoms with Gasteiger partial charge < -0.3 is 19.8 Å². The van der Waals surface area contributed by atoms with Crippen LogP contribution in [0.2, 0.25) is 0 Å². The van der Waals surface area contributed by atoms with E-state index >= 15 is 0 Å². The van der Waals surface area contributed by atoms with Crippen molar-refractivity contribution in [3.63, 3.8) is 0 Å². The van der Waals surface area contributed by atoms with Gasteiger partial charge in [-0.05, 0) is 42.7 Å². The second-order valence-corrected chi connectivity index (χ2v) is 7.66. The highest BCUT2D eigenvalue weighted by Crippen LogP contribution is 2.27. The minimum absolute atomic E-state index is 0.0121. The number of aromatic amines is 1. The van der Waals surface area contributed by atoms with Crippen molar-refractivity contribution in [2.75, 3.05) is 26.1 Å². The lowest BCUT2D eigenvalue weighted by Crippen LogP contribution is -2.26. The monoisotopic (exact) mass is 456 g/mol. The van der Waals surface area contributed by atoms with Gasteiger partial charge in [0.25, 0.3) is 11.5 Å². The van der Waals surface area contributed by atoms with Crippen molar-refractivity contribution in [1.29, 1.82) is 0 Å². The Morgan fingerprint density at radius 3 is 2.69 bits per heavy atom. The number of aryl methyl sites for hydroxylation is 1. The number of anilines is 1. The number of thiazole rings is 1. The lowest BCUT2D eigenvalue weighted by atomic mass is 10.1. The average Bonchev–Trinajstić information content (AvgIpc) is 3.25. The number of carbonyl (C=O) groups excluding carboxylic acids is 2. The van der Waals surface area contributed by atoms with Crippen molar-refractivity contribution in [2.24, 2.45) is 0 Å². The molecule has 3 N–H and O–H groups in total. The fourth-order valence-electron chi connectivity index (χ4n) is 2.96. The smallest absolute Gasteiger partial charge is 0.263 e. The van der Waals surface area contributed by atoms with Crippen LogP contribution in [0.5, 0.6) is 11.5 Å². The third-order valence-corrected chi connectivity index (χ3v) is 5.43. The molecule has 0 radical (unpaired) electrons. The summed E-state index contributed by atoms with van der Waals surface area (Å²) in [4.78, 5) is 42.8. The zero-order valence-electron chi connectivity index (χ0n) is 17.8. The molecule has 0 saturated heterocycles. The number of H-pyrrole nitrogens is 1. The summed E-state index contributed by atoms with van der Waals surface area (Å²) in [6.45, 7) is 0.498. The molecule has 2 heterocycles. The Kier molecular flexibility index (Phi) is 7.98. The van der Waals surface area contributed by atoms with Gasteiger partial charge in [-0.2, -0.15) is 0 Å². The van der Waals surface area contributed by atoms with E-state index < -0.39 is 11.5 Å². The molecule has 0 atom stereocenters. The number of pyridine rings is 1. The number of amides is 2. The maximum absolute atomic E-state index is 12.2. The summed E-state index contributed by atoms with van der Waals surface area (Å²) in [7, 11) is 3.17. The molecular formula is C22H24N4O5S. The number of methoxy groups -OCH3 is 2. The molecule has 0 spiro atoms. The summed E-state index contributed by atoms with van der Waals surface area (Å²) in [6, 6.07) is 8.67. The zero-order chi connectivity index (χ0) is 22.9. The van der Waals surface area contributed by atoms with Crippen molar-refractivity contribution in [1.82, 2.24) is 15.3 Å². The number of benzene rings is 1. The van der Waals surface area contributed by atoms with Gasteiger partial charge >= 0.3 is 0 Å². The molecule has 9 nitrogen and oxygen atoms in total. The van der Waals surface area contributed by atoms with Gasteiger partial charge in [0.05, 0.1) is 19.9 Å². The first-order chi connectivity index (χ1) is 15.5. The Hall–Kier alpha value is -3.66. The van der Waals surface area contributed by atoms with Crippen LogP contribution in [0, 0.1) is 0 Å². The molecule has 0 fully saturated rings. The van der Waals surface area contributed by atoms with Crippen molar-refractivity contribution >= 4 is 28.3 Å². The van der Waals surface area contributed by atoms with Crippen LogP contribution in [0.15, 0.2) is 46.7 Å². The Morgan fingerprint density at radius 1 is 1.12 bits per heavy atom. The molecule has 0 aliphatic rings. The van der Waals surface area contributed by atoms with E-state index in [0.717, 1.165) is 5.56 Å². The number of nitrogens with zero attached hydrogens (tertiary/aromatic N) is 1. The van der Waals surface area contributed by atoms with Crippen LogP contribution in [-0.2, 0) is 17.6 Å². The number of carbonyl (C=O) groups is 2. The fraction of sp³-hybridized carbons (Fsp3) is 0.273. The number of hydrogen-bond donors (Lipinski definition) is 3. The molecule has 0 bridgehead atoms. The normalized spacial score (nSPS) is 10.4. The average molecular weight is 457 g/mol. The predicted octanol–water partition coefficient (Wildman–Crippen LogP) is 2.39. The Balaban J connectivity index is 1.43. The van der Waals surface area contributed by atoms with Crippen LogP contribution in [0.3, 0.4) is 0 Å². The lowest BCUT2D eigenvalue weighted by molar-refractivity contribution is -0.121. The summed E-state index contributed by atoms with van der Waals surface area (Å²) in [6.07, 6.45) is 2.85. The zero-order valence-corrected chi connectivity index (χ0v) is 18.6. The molecule has 3 rings (SSSR count). The van der Waals surface area contributed by atoms with Gasteiger partial charge in [0, 0.05) is 24.5 Å². The van der Waals surface area contributed by atoms with Gasteiger partial charge in [-0.25, -0.2) is 4.98 Å². The molecule has 0 saturated carbocycles. The van der Waals surface area contributed by atoms with Gasteiger partial charge in [0.2, 0.25) is 5.91 Å². The van der Waals surface area contributed by atoms with Crippen molar-refractivity contribution in [2.45, 2.75) is 19.3 Å². The maximum Gasteiger partial charge on any atom is 0.263 e. The summed E-state index contributed by atoms with van der Waals surface area (Å²) in [5.74, 6) is 0.704. The minimum Gasteiger partial charge on any atom is -0.493 e. The van der Waals surface area contributed by atoms with Gasteiger partial charge in [-0.15, -0.1) is 11.3 Å². The first kappa shape index (κ1) is 23.0. The van der Waals surface area contributed by atoms with E-state index in [2.05, 4.69) is 20.6 Å². The lowest BCUT2D eigenvalue weighted by Gasteiger charge is -2.10. The van der Waals surface area contributed by atoms with Gasteiger partial charge in [0.15, 0.2) is 16.6 Å². The van der Waals surface area contributed by atoms with Gasteiger partial charge in [-0.1, -0.05) is 6.07 Å². The van der Waals surface area contributed by atoms with E-state index in [4.69, 9.17) is 9.47 Å². The van der Waals surface area contributed by atoms with Gasteiger partial charge in [0.1, 0.15) is 5.56 Å². The first-order valence-corrected chi connectivity index (χ1v) is 10.8. The molecule has 0 aliphatic carbocycles. The van der Waals surface area contributed by atoms with Crippen molar-refractivity contribution in [3.8, 4) is 11.5 Å². The Labute approximate surface area is 188 Å². The molecule has 32 heavy (non-hydrogen) atoms. The highest BCUT2D eigenvalue weighted by atomic mass is 32.1. The largest absolute Gasteiger partial charge is 0.493 e. The van der Waals surface area contributed by atoms with E-state index in [1.807, 2.05) is 18.2 Å². The fourth-order valence-corrected chi connectivity index (χ4v) is 3.70. The SMILES string of the molecule is COc1ccc(CCNC(=O)CCc2csc(NC(=O)c3ccc[nH]c3=O)n2)cc1OC. The third kappa shape index (κ3) is 6.17. The van der Waals surface area contributed by atoms with Crippen molar-refractivity contribution in [3.05, 3.63) is 69.1 Å². The molecular weight excluding hydrogens is 432 g/mol. The van der Waals surface area contributed by atoms with E-state index in [1.54, 1.807) is 25.7 Å². The quantitative estimate of drug-likeness (QED) is 0.431. The molecule has 1 aromatic carbocycles. The second-order valence-electron chi connectivity index (χ2n) is 6.80. The van der Waals surface area contributed by atoms with Crippen LogP contribution in [0.4, 0.5) is 5.13 Å². The Morgan fingerprint density at radius 2 is 1.94 bits per heavy atom. The molecule has 168 valence electrons. The molecule has 10 heteroatoms. The second kappa shape index (κ2) is 11.1. The highest BCUT2D eigenvalue weighted by molar-refractivity contribution is 7.14. The number of rotatable bonds is 10. The predicted molar refractivity (Wildman–Crippen MR) is 122 cm³/mol. The first-order valence-electron chi connectivity index (χ1n) is 9.91. The van der Waals surface area contributed by atoms with E-state index in [0.29, 0.717) is 41.7 Å². The van der Waals surface area contributed by atoms with Crippen LogP contribution in [0.25, 0.3) is 0 Å². The number of nitrogens with one attached hydrogen (secondary N) is 3. The summed E-state index contributed by atoms with van der Waals surface area (Å²) >= 11 is 1.24. The third-order valence-electron chi connectivity index (χ3n) is 4.63. The number of hydrogen-bond acceptors (Lipinski definition) is 7. The number of ether oxygens (including phenoxy) is 2. The van der Waals surface area contributed by atoms with E-state index in [9.17, 15) is 14.4 Å². The topological polar surface area (TPSA) is 122 Å². The molecule has 0 unspecified atom stereocenters. The van der Waals surface area contributed by atoms with Crippen LogP contribution in [0.1, 0.15) is 28.0 Å². The van der Waals surface area contributed by atoms with Crippen LogP contribution < -0.4 is 25.7 Å². The summed E-state index contributed by atoms with van der Waals surface area (Å²) in [5.41, 5.74) is 1.27. The molecule has 3 aromatic rings. The van der Waals surface area contributed by atoms with Crippen LogP contribution in [-0.4, -0.2) is 42.5 Å². The molecule has 0 aliphatic heterocycles. The van der Waals surface area contributed by atoms with E-state index in [-0.39, 0.29) is 17.9 Å². The highest BCUT2D eigenvalue weighted by Gasteiger charge is 2.13. The van der Waals surface area contributed by atoms with Gasteiger partial charge in [-0.3, -0.25) is 19.7 Å². The maximum atomic E-state index is 12.2.